The lowest BCUT2D eigenvalue weighted by Crippen LogP contribution is -2.55. The molecule has 0 unspecified atom stereocenters. The van der Waals surface area contributed by atoms with Crippen LogP contribution in [-0.4, -0.2) is 34.0 Å². The van der Waals surface area contributed by atoms with Gasteiger partial charge in [0.1, 0.15) is 0 Å². The van der Waals surface area contributed by atoms with Crippen LogP contribution < -0.4 is 9.44 Å². The molecule has 0 bridgehead atoms. The Bertz CT molecular complexity index is 529. The molecule has 2 N–H and O–H groups in total. The molecule has 0 spiro atoms. The average Bonchev–Trinajstić information content (AvgIpc) is 2.35. The summed E-state index contributed by atoms with van der Waals surface area (Å²) in [6.45, 7) is 1.80. The van der Waals surface area contributed by atoms with Crippen LogP contribution in [-0.2, 0) is 20.0 Å². The molecule has 0 aromatic carbocycles. The Morgan fingerprint density at radius 1 is 0.895 bits per heavy atom. The van der Waals surface area contributed by atoms with E-state index in [0.717, 1.165) is 0 Å². The van der Waals surface area contributed by atoms with Crippen LogP contribution in [0.25, 0.3) is 0 Å². The number of rotatable bonds is 8. The van der Waals surface area contributed by atoms with E-state index in [1.165, 1.54) is 13.8 Å². The van der Waals surface area contributed by atoms with Crippen LogP contribution in [0, 0.1) is 22.7 Å². The van der Waals surface area contributed by atoms with Gasteiger partial charge < -0.3 is 0 Å². The summed E-state index contributed by atoms with van der Waals surface area (Å²) in [7, 11) is -8.53. The van der Waals surface area contributed by atoms with E-state index in [-0.39, 0.29) is 12.8 Å². The summed E-state index contributed by atoms with van der Waals surface area (Å²) in [6, 6.07) is 3.16. The van der Waals surface area contributed by atoms with E-state index < -0.39 is 37.2 Å². The molecule has 0 aromatic rings. The van der Waals surface area contributed by atoms with E-state index in [9.17, 15) is 16.8 Å². The number of nitrogens with one attached hydrogen (secondary N) is 2. The molecule has 108 valence electrons. The summed E-state index contributed by atoms with van der Waals surface area (Å²) >= 11 is 0. The minimum absolute atomic E-state index is 0.203. The van der Waals surface area contributed by atoms with Gasteiger partial charge in [0.25, 0.3) is 0 Å². The van der Waals surface area contributed by atoms with Crippen molar-refractivity contribution in [1.82, 2.24) is 9.44 Å². The number of sulfonamides is 2. The highest BCUT2D eigenvalue weighted by Gasteiger charge is 2.52. The Labute approximate surface area is 113 Å². The molecule has 0 aliphatic rings. The van der Waals surface area contributed by atoms with Crippen molar-refractivity contribution < 1.29 is 16.8 Å². The molecule has 10 heteroatoms. The summed E-state index contributed by atoms with van der Waals surface area (Å²) in [5.74, 6) is 0. The van der Waals surface area contributed by atoms with Gasteiger partial charge >= 0.3 is 0 Å². The molecule has 0 aliphatic carbocycles. The Morgan fingerprint density at radius 2 is 1.21 bits per heavy atom. The summed E-state index contributed by atoms with van der Waals surface area (Å²) in [5.41, 5.74) is 0. The third kappa shape index (κ3) is 3.42. The van der Waals surface area contributed by atoms with Gasteiger partial charge in [-0.2, -0.15) is 20.0 Å². The van der Waals surface area contributed by atoms with Gasteiger partial charge in [-0.3, -0.25) is 0 Å². The van der Waals surface area contributed by atoms with Crippen LogP contribution in [0.15, 0.2) is 0 Å². The Hall–Kier alpha value is -1.20. The zero-order valence-corrected chi connectivity index (χ0v) is 12.3. The molecule has 0 heterocycles. The van der Waals surface area contributed by atoms with Gasteiger partial charge in [-0.1, -0.05) is 13.8 Å². The highest BCUT2D eigenvalue weighted by Crippen LogP contribution is 2.30. The molecular formula is C9H16N4O4S2. The monoisotopic (exact) mass is 308 g/mol. The van der Waals surface area contributed by atoms with Gasteiger partial charge in [0.15, 0.2) is 4.08 Å². The van der Waals surface area contributed by atoms with Crippen LogP contribution in [0.4, 0.5) is 0 Å². The number of nitriles is 2. The molecule has 0 amide bonds. The SMILES string of the molecule is CCC(CC)(S(=O)(=O)NCC#N)S(=O)(=O)NCC#N. The minimum Gasteiger partial charge on any atom is -0.211 e. The van der Waals surface area contributed by atoms with Crippen molar-refractivity contribution in [2.24, 2.45) is 0 Å². The van der Waals surface area contributed by atoms with Crippen LogP contribution in [0.3, 0.4) is 0 Å². The quantitative estimate of drug-likeness (QED) is 0.573. The molecule has 0 rings (SSSR count). The van der Waals surface area contributed by atoms with E-state index in [1.54, 1.807) is 12.1 Å². The zero-order valence-electron chi connectivity index (χ0n) is 10.7. The standard InChI is InChI=1S/C9H16N4O4S2/c1-3-9(4-2,18(14,15)12-7-5-10)19(16,17)13-8-6-11/h12-13H,3-4,7-8H2,1-2H3. The number of nitrogens with zero attached hydrogens (tertiary/aromatic N) is 2. The molecule has 0 aliphatic heterocycles. The molecule has 19 heavy (non-hydrogen) atoms. The van der Waals surface area contributed by atoms with Crippen LogP contribution in [0.5, 0.6) is 0 Å². The Morgan fingerprint density at radius 3 is 1.42 bits per heavy atom. The van der Waals surface area contributed by atoms with Crippen molar-refractivity contribution in [3.8, 4) is 12.1 Å². The average molecular weight is 308 g/mol. The summed E-state index contributed by atoms with van der Waals surface area (Å²) in [4.78, 5) is 0. The van der Waals surface area contributed by atoms with E-state index in [1.807, 2.05) is 9.44 Å². The fourth-order valence-electron chi connectivity index (χ4n) is 1.67. The highest BCUT2D eigenvalue weighted by molar-refractivity contribution is 8.08. The lowest BCUT2D eigenvalue weighted by molar-refractivity contribution is 0.511. The lowest BCUT2D eigenvalue weighted by atomic mass is 10.2. The first kappa shape index (κ1) is 17.8. The molecule has 0 radical (unpaired) electrons. The van der Waals surface area contributed by atoms with Crippen molar-refractivity contribution in [1.29, 1.82) is 10.5 Å². The Balaban J connectivity index is 5.77. The highest BCUT2D eigenvalue weighted by atomic mass is 32.3. The smallest absolute Gasteiger partial charge is 0.211 e. The van der Waals surface area contributed by atoms with Crippen molar-refractivity contribution >= 4 is 20.0 Å². The fourth-order valence-corrected chi connectivity index (χ4v) is 5.74. The predicted molar refractivity (Wildman–Crippen MR) is 68.4 cm³/mol. The fraction of sp³-hybridized carbons (Fsp3) is 0.778. The largest absolute Gasteiger partial charge is 0.234 e. The van der Waals surface area contributed by atoms with Crippen LogP contribution in [0.2, 0.25) is 0 Å². The van der Waals surface area contributed by atoms with E-state index in [4.69, 9.17) is 10.5 Å². The summed E-state index contributed by atoms with van der Waals surface area (Å²) in [5, 5.41) is 16.8. The predicted octanol–water partition coefficient (Wildman–Crippen LogP) is -0.611. The Kier molecular flexibility index (Phi) is 6.39. The van der Waals surface area contributed by atoms with Gasteiger partial charge in [0, 0.05) is 0 Å². The van der Waals surface area contributed by atoms with Crippen LogP contribution >= 0.6 is 0 Å². The van der Waals surface area contributed by atoms with Crippen LogP contribution in [0.1, 0.15) is 26.7 Å². The molecular weight excluding hydrogens is 292 g/mol. The third-order valence-corrected chi connectivity index (χ3v) is 8.22. The molecule has 0 fully saturated rings. The van der Waals surface area contributed by atoms with E-state index in [2.05, 4.69) is 0 Å². The second-order valence-corrected chi connectivity index (χ2v) is 8.00. The number of hydrogen-bond acceptors (Lipinski definition) is 6. The van der Waals surface area contributed by atoms with Crippen molar-refractivity contribution in [3.05, 3.63) is 0 Å². The minimum atomic E-state index is -4.27. The number of hydrogen-bond donors (Lipinski definition) is 2. The molecule has 8 nitrogen and oxygen atoms in total. The maximum Gasteiger partial charge on any atom is 0.234 e. The molecule has 0 saturated heterocycles. The van der Waals surface area contributed by atoms with Crippen molar-refractivity contribution in [2.45, 2.75) is 30.8 Å². The van der Waals surface area contributed by atoms with Gasteiger partial charge in [0.05, 0.1) is 25.2 Å². The van der Waals surface area contributed by atoms with Gasteiger partial charge in [0.2, 0.25) is 20.0 Å². The van der Waals surface area contributed by atoms with Crippen molar-refractivity contribution in [2.75, 3.05) is 13.1 Å². The second-order valence-electron chi connectivity index (χ2n) is 3.58. The van der Waals surface area contributed by atoms with E-state index >= 15 is 0 Å². The first-order chi connectivity index (χ1) is 8.74. The molecule has 0 aromatic heterocycles. The normalized spacial score (nSPS) is 12.6. The third-order valence-electron chi connectivity index (χ3n) is 2.74. The lowest BCUT2D eigenvalue weighted by Gasteiger charge is -2.30. The molecule has 0 saturated carbocycles. The van der Waals surface area contributed by atoms with Gasteiger partial charge in [-0.25, -0.2) is 16.8 Å². The van der Waals surface area contributed by atoms with E-state index in [0.29, 0.717) is 0 Å². The topological polar surface area (TPSA) is 140 Å². The first-order valence-corrected chi connectivity index (χ1v) is 8.43. The summed E-state index contributed by atoms with van der Waals surface area (Å²) in [6.07, 6.45) is -0.407. The summed E-state index contributed by atoms with van der Waals surface area (Å²) < 4.78 is 50.3. The zero-order chi connectivity index (χ0) is 15.2. The first-order valence-electron chi connectivity index (χ1n) is 5.47. The second kappa shape index (κ2) is 6.82. The van der Waals surface area contributed by atoms with Gasteiger partial charge in [-0.05, 0) is 12.8 Å². The molecule has 0 atom stereocenters. The van der Waals surface area contributed by atoms with Crippen molar-refractivity contribution in [3.63, 3.8) is 0 Å². The maximum absolute atomic E-state index is 12.1. The van der Waals surface area contributed by atoms with Gasteiger partial charge in [-0.15, -0.1) is 0 Å². The maximum atomic E-state index is 12.1.